The third kappa shape index (κ3) is 3.64. The Morgan fingerprint density at radius 1 is 1.07 bits per heavy atom. The van der Waals surface area contributed by atoms with Crippen LogP contribution in [0.25, 0.3) is 0 Å². The first-order valence-electron chi connectivity index (χ1n) is 4.59. The van der Waals surface area contributed by atoms with Gasteiger partial charge in [0.05, 0.1) is 18.9 Å². The van der Waals surface area contributed by atoms with E-state index in [1.807, 2.05) is 18.2 Å². The Bertz CT molecular complexity index is 266. The molecule has 0 bridgehead atoms. The highest BCUT2D eigenvalue weighted by Gasteiger charge is 1.97. The monoisotopic (exact) mass is 196 g/mol. The molecule has 0 amide bonds. The van der Waals surface area contributed by atoms with Gasteiger partial charge in [-0.3, -0.25) is 0 Å². The molecule has 4 N–H and O–H groups in total. The van der Waals surface area contributed by atoms with Crippen molar-refractivity contribution in [3.63, 3.8) is 0 Å². The van der Waals surface area contributed by atoms with Gasteiger partial charge in [0.2, 0.25) is 0 Å². The lowest BCUT2D eigenvalue weighted by Gasteiger charge is -2.08. The van der Waals surface area contributed by atoms with E-state index >= 15 is 0 Å². The lowest BCUT2D eigenvalue weighted by molar-refractivity contribution is 0.106. The molecule has 0 spiro atoms. The number of benzene rings is 1. The zero-order valence-corrected chi connectivity index (χ0v) is 8.11. The molecule has 0 aliphatic heterocycles. The first kappa shape index (κ1) is 10.8. The quantitative estimate of drug-likeness (QED) is 0.517. The Morgan fingerprint density at radius 2 is 1.86 bits per heavy atom. The molecule has 1 aromatic carbocycles. The minimum atomic E-state index is 0.494. The zero-order chi connectivity index (χ0) is 10.2. The summed E-state index contributed by atoms with van der Waals surface area (Å²) in [6.45, 7) is 2.13. The van der Waals surface area contributed by atoms with E-state index in [1.54, 1.807) is 6.07 Å². The molecule has 1 rings (SSSR count). The summed E-state index contributed by atoms with van der Waals surface area (Å²) in [7, 11) is 0. The minimum Gasteiger partial charge on any atom is -0.489 e. The van der Waals surface area contributed by atoms with Gasteiger partial charge in [-0.1, -0.05) is 12.1 Å². The van der Waals surface area contributed by atoms with Gasteiger partial charge in [0.25, 0.3) is 0 Å². The fourth-order valence-electron chi connectivity index (χ4n) is 1.01. The Morgan fingerprint density at radius 3 is 2.57 bits per heavy atom. The van der Waals surface area contributed by atoms with Crippen LogP contribution in [0.15, 0.2) is 24.3 Å². The van der Waals surface area contributed by atoms with Gasteiger partial charge in [0.1, 0.15) is 12.4 Å². The van der Waals surface area contributed by atoms with Crippen LogP contribution in [0.4, 0.5) is 5.69 Å². The van der Waals surface area contributed by atoms with Crippen molar-refractivity contribution in [1.29, 1.82) is 0 Å². The first-order chi connectivity index (χ1) is 6.84. The molecule has 0 aliphatic carbocycles. The SMILES string of the molecule is NCCOCCOc1ccccc1N. The van der Waals surface area contributed by atoms with Gasteiger partial charge >= 0.3 is 0 Å². The fraction of sp³-hybridized carbons (Fsp3) is 0.400. The van der Waals surface area contributed by atoms with E-state index in [1.165, 1.54) is 0 Å². The van der Waals surface area contributed by atoms with E-state index in [9.17, 15) is 0 Å². The molecule has 78 valence electrons. The predicted octanol–water partition coefficient (Wildman–Crippen LogP) is 0.623. The molecule has 0 aromatic heterocycles. The highest BCUT2D eigenvalue weighted by molar-refractivity contribution is 5.51. The summed E-state index contributed by atoms with van der Waals surface area (Å²) < 4.78 is 10.5. The maximum atomic E-state index is 5.68. The van der Waals surface area contributed by atoms with E-state index in [4.69, 9.17) is 20.9 Å². The molecule has 0 saturated carbocycles. The second-order valence-corrected chi connectivity index (χ2v) is 2.79. The summed E-state index contributed by atoms with van der Waals surface area (Å²) in [6.07, 6.45) is 0. The number of rotatable bonds is 6. The van der Waals surface area contributed by atoms with Crippen LogP contribution in [0.5, 0.6) is 5.75 Å². The second-order valence-electron chi connectivity index (χ2n) is 2.79. The van der Waals surface area contributed by atoms with Crippen LogP contribution in [0.2, 0.25) is 0 Å². The van der Waals surface area contributed by atoms with Crippen molar-refractivity contribution in [1.82, 2.24) is 0 Å². The van der Waals surface area contributed by atoms with Crippen LogP contribution in [-0.4, -0.2) is 26.4 Å². The van der Waals surface area contributed by atoms with Crippen molar-refractivity contribution in [2.45, 2.75) is 0 Å². The van der Waals surface area contributed by atoms with Crippen molar-refractivity contribution in [2.75, 3.05) is 32.1 Å². The molecule has 4 nitrogen and oxygen atoms in total. The maximum Gasteiger partial charge on any atom is 0.142 e. The summed E-state index contributed by atoms with van der Waals surface area (Å²) in [4.78, 5) is 0. The van der Waals surface area contributed by atoms with Crippen molar-refractivity contribution >= 4 is 5.69 Å². The lowest BCUT2D eigenvalue weighted by Crippen LogP contribution is -2.13. The standard InChI is InChI=1S/C10H16N2O2/c11-5-6-13-7-8-14-10-4-2-1-3-9(10)12/h1-4H,5-8,11-12H2. The lowest BCUT2D eigenvalue weighted by atomic mass is 10.3. The van der Waals surface area contributed by atoms with Gasteiger partial charge in [-0.05, 0) is 12.1 Å². The van der Waals surface area contributed by atoms with E-state index in [-0.39, 0.29) is 0 Å². The van der Waals surface area contributed by atoms with Gasteiger partial charge < -0.3 is 20.9 Å². The van der Waals surface area contributed by atoms with Crippen LogP contribution in [0.1, 0.15) is 0 Å². The molecule has 0 saturated heterocycles. The number of ether oxygens (including phenoxy) is 2. The number of nitrogens with two attached hydrogens (primary N) is 2. The normalized spacial score (nSPS) is 10.1. The highest BCUT2D eigenvalue weighted by atomic mass is 16.5. The molecular weight excluding hydrogens is 180 g/mol. The number of nitrogen functional groups attached to an aromatic ring is 1. The van der Waals surface area contributed by atoms with E-state index in [0.717, 1.165) is 0 Å². The summed E-state index contributed by atoms with van der Waals surface area (Å²) >= 11 is 0. The minimum absolute atomic E-state index is 0.494. The average molecular weight is 196 g/mol. The van der Waals surface area contributed by atoms with Crippen molar-refractivity contribution in [2.24, 2.45) is 5.73 Å². The van der Waals surface area contributed by atoms with Crippen LogP contribution in [-0.2, 0) is 4.74 Å². The number of anilines is 1. The van der Waals surface area contributed by atoms with Crippen LogP contribution < -0.4 is 16.2 Å². The van der Waals surface area contributed by atoms with Crippen molar-refractivity contribution < 1.29 is 9.47 Å². The van der Waals surface area contributed by atoms with Gasteiger partial charge in [-0.15, -0.1) is 0 Å². The molecular formula is C10H16N2O2. The molecule has 0 heterocycles. The third-order valence-corrected chi connectivity index (χ3v) is 1.67. The maximum absolute atomic E-state index is 5.68. The van der Waals surface area contributed by atoms with Gasteiger partial charge in [-0.2, -0.15) is 0 Å². The van der Waals surface area contributed by atoms with Crippen LogP contribution in [0, 0.1) is 0 Å². The summed E-state index contributed by atoms with van der Waals surface area (Å²) in [5.74, 6) is 0.698. The highest BCUT2D eigenvalue weighted by Crippen LogP contribution is 2.19. The predicted molar refractivity (Wildman–Crippen MR) is 56.2 cm³/mol. The molecule has 14 heavy (non-hydrogen) atoms. The smallest absolute Gasteiger partial charge is 0.142 e. The summed E-state index contributed by atoms with van der Waals surface area (Å²) in [5.41, 5.74) is 11.6. The largest absolute Gasteiger partial charge is 0.489 e. The Balaban J connectivity index is 2.21. The molecule has 0 atom stereocenters. The number of hydrogen-bond acceptors (Lipinski definition) is 4. The van der Waals surface area contributed by atoms with E-state index in [0.29, 0.717) is 37.8 Å². The molecule has 0 fully saturated rings. The van der Waals surface area contributed by atoms with Gasteiger partial charge in [0, 0.05) is 6.54 Å². The van der Waals surface area contributed by atoms with Crippen molar-refractivity contribution in [3.8, 4) is 5.75 Å². The fourth-order valence-corrected chi connectivity index (χ4v) is 1.01. The van der Waals surface area contributed by atoms with Crippen molar-refractivity contribution in [3.05, 3.63) is 24.3 Å². The zero-order valence-electron chi connectivity index (χ0n) is 8.11. The molecule has 1 aromatic rings. The summed E-state index contributed by atoms with van der Waals surface area (Å²) in [5, 5.41) is 0. The van der Waals surface area contributed by atoms with Crippen LogP contribution in [0.3, 0.4) is 0 Å². The van der Waals surface area contributed by atoms with Crippen LogP contribution >= 0.6 is 0 Å². The van der Waals surface area contributed by atoms with E-state index in [2.05, 4.69) is 0 Å². The van der Waals surface area contributed by atoms with Gasteiger partial charge in [0.15, 0.2) is 0 Å². The Hall–Kier alpha value is -1.26. The topological polar surface area (TPSA) is 70.5 Å². The Kier molecular flexibility index (Phi) is 4.82. The Labute approximate surface area is 83.8 Å². The third-order valence-electron chi connectivity index (χ3n) is 1.67. The molecule has 0 aliphatic rings. The average Bonchev–Trinajstić information content (AvgIpc) is 2.20. The second kappa shape index (κ2) is 6.23. The molecule has 0 radical (unpaired) electrons. The van der Waals surface area contributed by atoms with Gasteiger partial charge in [-0.25, -0.2) is 0 Å². The number of para-hydroxylation sites is 2. The molecule has 4 heteroatoms. The van der Waals surface area contributed by atoms with E-state index < -0.39 is 0 Å². The molecule has 0 unspecified atom stereocenters. The number of hydrogen-bond donors (Lipinski definition) is 2. The summed E-state index contributed by atoms with van der Waals surface area (Å²) in [6, 6.07) is 7.38. The first-order valence-corrected chi connectivity index (χ1v) is 4.59.